The number of nitrogens with zero attached hydrogens (tertiary/aromatic N) is 2. The Balaban J connectivity index is 1.87. The van der Waals surface area contributed by atoms with Crippen molar-refractivity contribution in [3.05, 3.63) is 17.6 Å². The number of methoxy groups -OCH3 is 1. The molecule has 104 valence electrons. The molecule has 2 fully saturated rings. The quantitative estimate of drug-likeness (QED) is 0.908. The smallest absolute Gasteiger partial charge is 0.216 e. The second kappa shape index (κ2) is 5.87. The molecule has 19 heavy (non-hydrogen) atoms. The molecule has 0 bridgehead atoms. The monoisotopic (exact) mass is 261 g/mol. The molecule has 0 aromatic carbocycles. The van der Waals surface area contributed by atoms with E-state index in [-0.39, 0.29) is 0 Å². The summed E-state index contributed by atoms with van der Waals surface area (Å²) in [4.78, 5) is 9.37. The standard InChI is InChI=1S/C15H23N3O/c1-19-14-10-13(11-6-3-2-4-7-11)17-15(18-14)12-8-5-9-16-12/h10-12,16H,2-9H2,1H3. The lowest BCUT2D eigenvalue weighted by molar-refractivity contribution is 0.384. The van der Waals surface area contributed by atoms with Crippen LogP contribution >= 0.6 is 0 Å². The van der Waals surface area contributed by atoms with Crippen molar-refractivity contribution < 1.29 is 4.74 Å². The van der Waals surface area contributed by atoms with E-state index >= 15 is 0 Å². The van der Waals surface area contributed by atoms with Gasteiger partial charge in [0.2, 0.25) is 5.88 Å². The molecular formula is C15H23N3O. The predicted octanol–water partition coefficient (Wildman–Crippen LogP) is 2.96. The van der Waals surface area contributed by atoms with Crippen LogP contribution in [0.3, 0.4) is 0 Å². The lowest BCUT2D eigenvalue weighted by atomic mass is 9.87. The number of hydrogen-bond acceptors (Lipinski definition) is 4. The van der Waals surface area contributed by atoms with Crippen molar-refractivity contribution in [3.63, 3.8) is 0 Å². The molecule has 0 radical (unpaired) electrons. The predicted molar refractivity (Wildman–Crippen MR) is 74.4 cm³/mol. The maximum absolute atomic E-state index is 5.37. The fraction of sp³-hybridized carbons (Fsp3) is 0.733. The third-order valence-corrected chi connectivity index (χ3v) is 4.34. The molecule has 1 aromatic heterocycles. The zero-order chi connectivity index (χ0) is 13.1. The van der Waals surface area contributed by atoms with E-state index in [0.717, 1.165) is 24.7 Å². The third-order valence-electron chi connectivity index (χ3n) is 4.34. The third kappa shape index (κ3) is 2.89. The van der Waals surface area contributed by atoms with E-state index in [9.17, 15) is 0 Å². The molecule has 4 nitrogen and oxygen atoms in total. The first-order valence-corrected chi connectivity index (χ1v) is 7.53. The van der Waals surface area contributed by atoms with Crippen LogP contribution in [-0.2, 0) is 0 Å². The number of ether oxygens (including phenoxy) is 1. The maximum atomic E-state index is 5.37. The Bertz CT molecular complexity index is 423. The topological polar surface area (TPSA) is 47.0 Å². The minimum atomic E-state index is 0.317. The molecule has 1 unspecified atom stereocenters. The highest BCUT2D eigenvalue weighted by atomic mass is 16.5. The van der Waals surface area contributed by atoms with E-state index in [1.54, 1.807) is 7.11 Å². The fourth-order valence-electron chi connectivity index (χ4n) is 3.23. The molecule has 1 aliphatic carbocycles. The van der Waals surface area contributed by atoms with Crippen LogP contribution in [0, 0.1) is 0 Å². The molecule has 0 amide bonds. The van der Waals surface area contributed by atoms with Gasteiger partial charge >= 0.3 is 0 Å². The van der Waals surface area contributed by atoms with Crippen LogP contribution in [0.2, 0.25) is 0 Å². The van der Waals surface area contributed by atoms with Crippen LogP contribution < -0.4 is 10.1 Å². The van der Waals surface area contributed by atoms with Crippen LogP contribution in [0.15, 0.2) is 6.07 Å². The molecule has 2 aliphatic rings. The minimum absolute atomic E-state index is 0.317. The van der Waals surface area contributed by atoms with Gasteiger partial charge in [0, 0.05) is 12.0 Å². The van der Waals surface area contributed by atoms with Gasteiger partial charge in [-0.05, 0) is 32.2 Å². The van der Waals surface area contributed by atoms with Crippen molar-refractivity contribution in [3.8, 4) is 5.88 Å². The zero-order valence-electron chi connectivity index (χ0n) is 11.7. The van der Waals surface area contributed by atoms with Gasteiger partial charge in [-0.15, -0.1) is 0 Å². The number of nitrogens with one attached hydrogen (secondary N) is 1. The van der Waals surface area contributed by atoms with E-state index in [0.29, 0.717) is 12.0 Å². The Morgan fingerprint density at radius 3 is 2.63 bits per heavy atom. The molecule has 1 aliphatic heterocycles. The second-order valence-corrected chi connectivity index (χ2v) is 5.68. The van der Waals surface area contributed by atoms with Crippen LogP contribution in [-0.4, -0.2) is 23.6 Å². The number of aromatic nitrogens is 2. The van der Waals surface area contributed by atoms with E-state index < -0.39 is 0 Å². The van der Waals surface area contributed by atoms with Crippen molar-refractivity contribution in [1.82, 2.24) is 15.3 Å². The SMILES string of the molecule is COc1cc(C2CCCCC2)nc(C2CCCN2)n1. The zero-order valence-corrected chi connectivity index (χ0v) is 11.7. The van der Waals surface area contributed by atoms with Crippen molar-refractivity contribution >= 4 is 0 Å². The molecule has 1 saturated carbocycles. The van der Waals surface area contributed by atoms with Crippen LogP contribution in [0.25, 0.3) is 0 Å². The number of hydrogen-bond donors (Lipinski definition) is 1. The summed E-state index contributed by atoms with van der Waals surface area (Å²) in [5.41, 5.74) is 1.19. The van der Waals surface area contributed by atoms with Gasteiger partial charge < -0.3 is 10.1 Å². The maximum Gasteiger partial charge on any atom is 0.216 e. The summed E-state index contributed by atoms with van der Waals surface area (Å²) >= 11 is 0. The lowest BCUT2D eigenvalue weighted by Crippen LogP contribution is -2.18. The second-order valence-electron chi connectivity index (χ2n) is 5.68. The Morgan fingerprint density at radius 1 is 1.11 bits per heavy atom. The van der Waals surface area contributed by atoms with Crippen molar-refractivity contribution in [2.45, 2.75) is 56.9 Å². The van der Waals surface area contributed by atoms with Crippen molar-refractivity contribution in [2.24, 2.45) is 0 Å². The lowest BCUT2D eigenvalue weighted by Gasteiger charge is -2.22. The van der Waals surface area contributed by atoms with Gasteiger partial charge in [0.05, 0.1) is 18.8 Å². The fourth-order valence-corrected chi connectivity index (χ4v) is 3.23. The first-order chi connectivity index (χ1) is 9.36. The highest BCUT2D eigenvalue weighted by Gasteiger charge is 2.23. The van der Waals surface area contributed by atoms with Gasteiger partial charge in [-0.25, -0.2) is 4.98 Å². The molecule has 1 atom stereocenters. The Labute approximate surface area is 115 Å². The molecule has 0 spiro atoms. The van der Waals surface area contributed by atoms with Gasteiger partial charge in [-0.2, -0.15) is 4.98 Å². The average molecular weight is 261 g/mol. The summed E-state index contributed by atoms with van der Waals surface area (Å²) < 4.78 is 5.37. The Hall–Kier alpha value is -1.16. The van der Waals surface area contributed by atoms with Crippen LogP contribution in [0.5, 0.6) is 5.88 Å². The van der Waals surface area contributed by atoms with Crippen LogP contribution in [0.1, 0.15) is 68.4 Å². The molecular weight excluding hydrogens is 238 g/mol. The summed E-state index contributed by atoms with van der Waals surface area (Å²) in [7, 11) is 1.69. The number of rotatable bonds is 3. The average Bonchev–Trinajstić information content (AvgIpc) is 3.02. The van der Waals surface area contributed by atoms with Gasteiger partial charge in [0.1, 0.15) is 5.82 Å². The van der Waals surface area contributed by atoms with Gasteiger partial charge in [-0.3, -0.25) is 0 Å². The molecule has 4 heteroatoms. The summed E-state index contributed by atoms with van der Waals surface area (Å²) in [5.74, 6) is 2.25. The molecule has 1 aromatic rings. The summed E-state index contributed by atoms with van der Waals surface area (Å²) in [6.07, 6.45) is 8.90. The molecule has 1 saturated heterocycles. The first kappa shape index (κ1) is 12.9. The van der Waals surface area contributed by atoms with E-state index in [2.05, 4.69) is 10.3 Å². The molecule has 2 heterocycles. The summed E-state index contributed by atoms with van der Waals surface area (Å²) in [6.45, 7) is 1.07. The van der Waals surface area contributed by atoms with Gasteiger partial charge in [0.15, 0.2) is 0 Å². The summed E-state index contributed by atoms with van der Waals surface area (Å²) in [6, 6.07) is 2.35. The first-order valence-electron chi connectivity index (χ1n) is 7.53. The van der Waals surface area contributed by atoms with Crippen molar-refractivity contribution in [1.29, 1.82) is 0 Å². The molecule has 1 N–H and O–H groups in total. The van der Waals surface area contributed by atoms with Gasteiger partial charge in [-0.1, -0.05) is 19.3 Å². The minimum Gasteiger partial charge on any atom is -0.481 e. The summed E-state index contributed by atoms with van der Waals surface area (Å²) in [5, 5.41) is 3.47. The highest BCUT2D eigenvalue weighted by Crippen LogP contribution is 2.33. The van der Waals surface area contributed by atoms with Gasteiger partial charge in [0.25, 0.3) is 0 Å². The van der Waals surface area contributed by atoms with Crippen LogP contribution in [0.4, 0.5) is 0 Å². The largest absolute Gasteiger partial charge is 0.481 e. The van der Waals surface area contributed by atoms with E-state index in [1.807, 2.05) is 6.07 Å². The normalized spacial score (nSPS) is 24.6. The Kier molecular flexibility index (Phi) is 3.97. The van der Waals surface area contributed by atoms with E-state index in [4.69, 9.17) is 9.72 Å². The Morgan fingerprint density at radius 2 is 1.95 bits per heavy atom. The van der Waals surface area contributed by atoms with E-state index in [1.165, 1.54) is 44.2 Å². The van der Waals surface area contributed by atoms with Crippen molar-refractivity contribution in [2.75, 3.05) is 13.7 Å². The highest BCUT2D eigenvalue weighted by molar-refractivity contribution is 5.21. The molecule has 3 rings (SSSR count).